The fourth-order valence-corrected chi connectivity index (χ4v) is 3.88. The molecule has 3 rings (SSSR count). The van der Waals surface area contributed by atoms with E-state index < -0.39 is 0 Å². The number of piperidine rings is 1. The summed E-state index contributed by atoms with van der Waals surface area (Å²) in [5, 5.41) is 0. The van der Waals surface area contributed by atoms with Gasteiger partial charge in [0, 0.05) is 12.1 Å². The van der Waals surface area contributed by atoms with Crippen molar-refractivity contribution >= 4 is 0 Å². The Morgan fingerprint density at radius 2 is 1.31 bits per heavy atom. The third-order valence-electron chi connectivity index (χ3n) is 5.02. The van der Waals surface area contributed by atoms with Crippen molar-refractivity contribution < 1.29 is 0 Å². The first-order valence-electron chi connectivity index (χ1n) is 7.31. The Morgan fingerprint density at radius 3 is 1.88 bits per heavy atom. The van der Waals surface area contributed by atoms with Crippen LogP contribution in [0.25, 0.3) is 0 Å². The molecule has 92 valence electrons. The highest BCUT2D eigenvalue weighted by atomic mass is 15.2. The standard InChI is InChI=1S/C14H26N2/c1-12-10-14(11-12)16-8-4-13(5-9-16)15-6-2-3-7-15/h12-14H,2-11H2,1H3. The van der Waals surface area contributed by atoms with Crippen LogP contribution in [0.15, 0.2) is 0 Å². The molecule has 2 aliphatic heterocycles. The van der Waals surface area contributed by atoms with Gasteiger partial charge in [0.2, 0.25) is 0 Å². The highest BCUT2D eigenvalue weighted by molar-refractivity contribution is 4.89. The van der Waals surface area contributed by atoms with Crippen LogP contribution in [0.5, 0.6) is 0 Å². The molecular weight excluding hydrogens is 196 g/mol. The molecule has 0 amide bonds. The van der Waals surface area contributed by atoms with Crippen molar-refractivity contribution in [2.75, 3.05) is 26.2 Å². The average Bonchev–Trinajstić information content (AvgIpc) is 2.79. The van der Waals surface area contributed by atoms with Gasteiger partial charge < -0.3 is 9.80 Å². The van der Waals surface area contributed by atoms with Crippen molar-refractivity contribution in [3.63, 3.8) is 0 Å². The molecule has 3 fully saturated rings. The summed E-state index contributed by atoms with van der Waals surface area (Å²) in [5.74, 6) is 1.00. The Kier molecular flexibility index (Phi) is 3.21. The van der Waals surface area contributed by atoms with Gasteiger partial charge in [-0.05, 0) is 70.6 Å². The summed E-state index contributed by atoms with van der Waals surface area (Å²) in [6.07, 6.45) is 8.69. The molecule has 2 saturated heterocycles. The molecular formula is C14H26N2. The molecule has 0 spiro atoms. The predicted octanol–water partition coefficient (Wildman–Crippen LogP) is 2.35. The molecule has 16 heavy (non-hydrogen) atoms. The van der Waals surface area contributed by atoms with Crippen molar-refractivity contribution in [2.24, 2.45) is 5.92 Å². The first kappa shape index (κ1) is 11.0. The van der Waals surface area contributed by atoms with E-state index in [9.17, 15) is 0 Å². The predicted molar refractivity (Wildman–Crippen MR) is 67.6 cm³/mol. The van der Waals surface area contributed by atoms with Gasteiger partial charge in [-0.15, -0.1) is 0 Å². The molecule has 0 bridgehead atoms. The normalized spacial score (nSPS) is 38.8. The number of nitrogens with zero attached hydrogens (tertiary/aromatic N) is 2. The van der Waals surface area contributed by atoms with E-state index in [2.05, 4.69) is 16.7 Å². The molecule has 0 aromatic carbocycles. The second-order valence-electron chi connectivity index (χ2n) is 6.24. The molecule has 0 atom stereocenters. The van der Waals surface area contributed by atoms with Crippen LogP contribution < -0.4 is 0 Å². The molecule has 1 saturated carbocycles. The van der Waals surface area contributed by atoms with Crippen LogP contribution in [0.4, 0.5) is 0 Å². The fraction of sp³-hybridized carbons (Fsp3) is 1.00. The third kappa shape index (κ3) is 2.14. The topological polar surface area (TPSA) is 6.48 Å². The molecule has 0 radical (unpaired) electrons. The molecule has 0 aromatic rings. The Hall–Kier alpha value is -0.0800. The fourth-order valence-electron chi connectivity index (χ4n) is 3.88. The quantitative estimate of drug-likeness (QED) is 0.707. The SMILES string of the molecule is CC1CC(N2CCC(N3CCCC3)CC2)C1. The maximum absolute atomic E-state index is 2.77. The summed E-state index contributed by atoms with van der Waals surface area (Å²) in [5.41, 5.74) is 0. The number of hydrogen-bond donors (Lipinski definition) is 0. The smallest absolute Gasteiger partial charge is 0.0120 e. The van der Waals surface area contributed by atoms with E-state index in [1.165, 1.54) is 64.7 Å². The molecule has 0 aromatic heterocycles. The van der Waals surface area contributed by atoms with Crippen molar-refractivity contribution in [3.8, 4) is 0 Å². The lowest BCUT2D eigenvalue weighted by Gasteiger charge is -2.46. The van der Waals surface area contributed by atoms with Crippen molar-refractivity contribution in [3.05, 3.63) is 0 Å². The minimum absolute atomic E-state index is 0.927. The minimum atomic E-state index is 0.927. The van der Waals surface area contributed by atoms with E-state index in [1.807, 2.05) is 0 Å². The molecule has 3 aliphatic rings. The second-order valence-corrected chi connectivity index (χ2v) is 6.24. The van der Waals surface area contributed by atoms with Crippen LogP contribution >= 0.6 is 0 Å². The van der Waals surface area contributed by atoms with Crippen LogP contribution in [0.1, 0.15) is 45.4 Å². The second kappa shape index (κ2) is 4.66. The number of hydrogen-bond acceptors (Lipinski definition) is 2. The summed E-state index contributed by atoms with van der Waals surface area (Å²) in [4.78, 5) is 5.52. The summed E-state index contributed by atoms with van der Waals surface area (Å²) in [7, 11) is 0. The van der Waals surface area contributed by atoms with Crippen LogP contribution in [-0.2, 0) is 0 Å². The lowest BCUT2D eigenvalue weighted by atomic mass is 9.80. The molecule has 2 nitrogen and oxygen atoms in total. The van der Waals surface area contributed by atoms with Gasteiger partial charge in [-0.1, -0.05) is 6.92 Å². The third-order valence-corrected chi connectivity index (χ3v) is 5.02. The van der Waals surface area contributed by atoms with Crippen molar-refractivity contribution in [1.29, 1.82) is 0 Å². The lowest BCUT2D eigenvalue weighted by Crippen LogP contribution is -2.51. The summed E-state index contributed by atoms with van der Waals surface area (Å²) in [6, 6.07) is 1.88. The molecule has 1 aliphatic carbocycles. The minimum Gasteiger partial charge on any atom is -0.300 e. The van der Waals surface area contributed by atoms with E-state index in [1.54, 1.807) is 0 Å². The Bertz CT molecular complexity index is 221. The Labute approximate surface area is 100.0 Å². The van der Waals surface area contributed by atoms with E-state index in [0.29, 0.717) is 0 Å². The summed E-state index contributed by atoms with van der Waals surface area (Å²) < 4.78 is 0. The zero-order valence-corrected chi connectivity index (χ0v) is 10.7. The van der Waals surface area contributed by atoms with Gasteiger partial charge >= 0.3 is 0 Å². The Balaban J connectivity index is 1.44. The van der Waals surface area contributed by atoms with Gasteiger partial charge in [-0.25, -0.2) is 0 Å². The molecule has 2 heteroatoms. The summed E-state index contributed by atoms with van der Waals surface area (Å²) >= 11 is 0. The zero-order chi connectivity index (χ0) is 11.0. The average molecular weight is 222 g/mol. The monoisotopic (exact) mass is 222 g/mol. The van der Waals surface area contributed by atoms with Gasteiger partial charge in [0.05, 0.1) is 0 Å². The van der Waals surface area contributed by atoms with Gasteiger partial charge in [0.1, 0.15) is 0 Å². The number of likely N-dealkylation sites (tertiary alicyclic amines) is 2. The van der Waals surface area contributed by atoms with Gasteiger partial charge in [0.15, 0.2) is 0 Å². The highest BCUT2D eigenvalue weighted by Crippen LogP contribution is 2.33. The van der Waals surface area contributed by atoms with Crippen LogP contribution in [0, 0.1) is 5.92 Å². The van der Waals surface area contributed by atoms with Crippen molar-refractivity contribution in [1.82, 2.24) is 9.80 Å². The van der Waals surface area contributed by atoms with Crippen LogP contribution in [0.3, 0.4) is 0 Å². The first-order valence-corrected chi connectivity index (χ1v) is 7.31. The maximum atomic E-state index is 2.77. The van der Waals surface area contributed by atoms with E-state index in [-0.39, 0.29) is 0 Å². The largest absolute Gasteiger partial charge is 0.300 e. The van der Waals surface area contributed by atoms with Crippen molar-refractivity contribution in [2.45, 2.75) is 57.5 Å². The first-order chi connectivity index (χ1) is 7.83. The molecule has 2 heterocycles. The Morgan fingerprint density at radius 1 is 0.750 bits per heavy atom. The molecule has 0 N–H and O–H groups in total. The van der Waals surface area contributed by atoms with Crippen LogP contribution in [-0.4, -0.2) is 48.1 Å². The van der Waals surface area contributed by atoms with E-state index in [0.717, 1.165) is 18.0 Å². The summed E-state index contributed by atoms with van der Waals surface area (Å²) in [6.45, 7) is 7.90. The van der Waals surface area contributed by atoms with Gasteiger partial charge in [0.25, 0.3) is 0 Å². The van der Waals surface area contributed by atoms with E-state index >= 15 is 0 Å². The van der Waals surface area contributed by atoms with Gasteiger partial charge in [-0.2, -0.15) is 0 Å². The lowest BCUT2D eigenvalue weighted by molar-refractivity contribution is 0.0410. The van der Waals surface area contributed by atoms with E-state index in [4.69, 9.17) is 0 Å². The van der Waals surface area contributed by atoms with Crippen LogP contribution in [0.2, 0.25) is 0 Å². The molecule has 0 unspecified atom stereocenters. The van der Waals surface area contributed by atoms with Gasteiger partial charge in [-0.3, -0.25) is 0 Å². The number of rotatable bonds is 2. The zero-order valence-electron chi connectivity index (χ0n) is 10.7. The highest BCUT2D eigenvalue weighted by Gasteiger charge is 2.34. The maximum Gasteiger partial charge on any atom is 0.0120 e.